The first-order valence-electron chi connectivity index (χ1n) is 9.32. The van der Waals surface area contributed by atoms with E-state index in [9.17, 15) is 8.42 Å². The highest BCUT2D eigenvalue weighted by Gasteiger charge is 2.19. The van der Waals surface area contributed by atoms with E-state index < -0.39 is 10.0 Å². The van der Waals surface area contributed by atoms with Crippen LogP contribution in [-0.2, 0) is 16.4 Å². The van der Waals surface area contributed by atoms with Crippen LogP contribution in [0.4, 0.5) is 5.69 Å². The van der Waals surface area contributed by atoms with Crippen LogP contribution in [-0.4, -0.2) is 24.4 Å². The number of anilines is 1. The molecular weight excluding hydrogens is 386 g/mol. The molecule has 0 aliphatic carbocycles. The van der Waals surface area contributed by atoms with Crippen molar-refractivity contribution in [3.8, 4) is 17.0 Å². The van der Waals surface area contributed by atoms with Gasteiger partial charge < -0.3 is 9.14 Å². The fraction of sp³-hybridized carbons (Fsp3) is 0.136. The van der Waals surface area contributed by atoms with Crippen molar-refractivity contribution in [2.45, 2.75) is 18.2 Å². The molecule has 0 atom stereocenters. The molecule has 0 radical (unpaired) electrons. The number of nitrogens with zero attached hydrogens (tertiary/aromatic N) is 2. The van der Waals surface area contributed by atoms with Gasteiger partial charge in [0.2, 0.25) is 0 Å². The van der Waals surface area contributed by atoms with Gasteiger partial charge in [-0.3, -0.25) is 4.72 Å². The summed E-state index contributed by atoms with van der Waals surface area (Å²) in [5, 5.41) is 0. The predicted molar refractivity (Wildman–Crippen MR) is 112 cm³/mol. The molecule has 0 bridgehead atoms. The van der Waals surface area contributed by atoms with E-state index in [1.807, 2.05) is 48.0 Å². The molecule has 0 amide bonds. The minimum absolute atomic E-state index is 0.232. The summed E-state index contributed by atoms with van der Waals surface area (Å²) in [5.41, 5.74) is 5.02. The quantitative estimate of drug-likeness (QED) is 0.556. The number of aromatic nitrogens is 2. The number of rotatable bonds is 4. The highest BCUT2D eigenvalue weighted by atomic mass is 32.2. The average molecular weight is 405 g/mol. The van der Waals surface area contributed by atoms with E-state index in [1.165, 1.54) is 0 Å². The fourth-order valence-electron chi connectivity index (χ4n) is 3.51. The van der Waals surface area contributed by atoms with E-state index in [0.29, 0.717) is 12.3 Å². The lowest BCUT2D eigenvalue weighted by Crippen LogP contribution is -2.13. The van der Waals surface area contributed by atoms with Crippen LogP contribution in [0.2, 0.25) is 0 Å². The molecule has 2 aromatic heterocycles. The zero-order chi connectivity index (χ0) is 20.0. The molecule has 29 heavy (non-hydrogen) atoms. The van der Waals surface area contributed by atoms with Gasteiger partial charge in [-0.2, -0.15) is 0 Å². The largest absolute Gasteiger partial charge is 0.493 e. The van der Waals surface area contributed by atoms with Crippen molar-refractivity contribution in [3.63, 3.8) is 0 Å². The second-order valence-corrected chi connectivity index (χ2v) is 8.83. The summed E-state index contributed by atoms with van der Waals surface area (Å²) in [6.07, 6.45) is 4.62. The molecule has 0 unspecified atom stereocenters. The van der Waals surface area contributed by atoms with E-state index in [1.54, 1.807) is 30.3 Å². The number of sulfonamides is 1. The maximum absolute atomic E-state index is 12.9. The molecule has 1 N–H and O–H groups in total. The number of aryl methyl sites for hydroxylation is 1. The summed E-state index contributed by atoms with van der Waals surface area (Å²) in [4.78, 5) is 4.88. The van der Waals surface area contributed by atoms with E-state index in [0.717, 1.165) is 40.2 Å². The van der Waals surface area contributed by atoms with Gasteiger partial charge in [-0.05, 0) is 60.5 Å². The third-order valence-electron chi connectivity index (χ3n) is 5.00. The van der Waals surface area contributed by atoms with Crippen molar-refractivity contribution >= 4 is 21.4 Å². The van der Waals surface area contributed by atoms with E-state index in [2.05, 4.69) is 9.71 Å². The highest BCUT2D eigenvalue weighted by Crippen LogP contribution is 2.29. The molecule has 2 aromatic carbocycles. The number of ether oxygens (including phenoxy) is 1. The Labute approximate surface area is 168 Å². The summed E-state index contributed by atoms with van der Waals surface area (Å²) in [6.45, 7) is 2.61. The third-order valence-corrected chi connectivity index (χ3v) is 6.38. The lowest BCUT2D eigenvalue weighted by molar-refractivity contribution is 0.356. The number of hydrogen-bond acceptors (Lipinski definition) is 4. The van der Waals surface area contributed by atoms with Crippen LogP contribution >= 0.6 is 0 Å². The molecule has 1 aliphatic heterocycles. The highest BCUT2D eigenvalue weighted by molar-refractivity contribution is 7.92. The zero-order valence-corrected chi connectivity index (χ0v) is 16.6. The molecule has 7 heteroatoms. The summed E-state index contributed by atoms with van der Waals surface area (Å²) < 4.78 is 35.8. The van der Waals surface area contributed by atoms with Crippen LogP contribution in [0.25, 0.3) is 16.9 Å². The maximum Gasteiger partial charge on any atom is 0.261 e. The number of nitrogens with one attached hydrogen (secondary N) is 1. The molecule has 146 valence electrons. The van der Waals surface area contributed by atoms with Gasteiger partial charge in [-0.1, -0.05) is 12.1 Å². The summed E-state index contributed by atoms with van der Waals surface area (Å²) in [7, 11) is -3.70. The number of fused-ring (bicyclic) bond motifs is 2. The van der Waals surface area contributed by atoms with Crippen LogP contribution < -0.4 is 9.46 Å². The summed E-state index contributed by atoms with van der Waals surface area (Å²) in [6, 6.07) is 16.3. The number of benzene rings is 2. The Morgan fingerprint density at radius 1 is 1.10 bits per heavy atom. The Balaban J connectivity index is 1.46. The number of hydrogen-bond donors (Lipinski definition) is 1. The summed E-state index contributed by atoms with van der Waals surface area (Å²) >= 11 is 0. The van der Waals surface area contributed by atoms with Gasteiger partial charge in [0.05, 0.1) is 17.2 Å². The van der Waals surface area contributed by atoms with Gasteiger partial charge in [0.15, 0.2) is 0 Å². The Hall–Kier alpha value is -3.32. The molecule has 0 saturated carbocycles. The second kappa shape index (κ2) is 6.63. The first kappa shape index (κ1) is 17.8. The van der Waals surface area contributed by atoms with Crippen molar-refractivity contribution < 1.29 is 13.2 Å². The maximum atomic E-state index is 12.9. The normalized spacial score (nSPS) is 13.3. The molecule has 1 aliphatic rings. The van der Waals surface area contributed by atoms with Crippen LogP contribution in [0.3, 0.4) is 0 Å². The van der Waals surface area contributed by atoms with Crippen LogP contribution in [0.1, 0.15) is 11.1 Å². The van der Waals surface area contributed by atoms with Crippen LogP contribution in [0.15, 0.2) is 71.9 Å². The Morgan fingerprint density at radius 2 is 2.00 bits per heavy atom. The number of imidazole rings is 1. The lowest BCUT2D eigenvalue weighted by Gasteiger charge is -2.10. The van der Waals surface area contributed by atoms with Crippen molar-refractivity contribution in [1.29, 1.82) is 0 Å². The fourth-order valence-corrected chi connectivity index (χ4v) is 4.61. The molecule has 0 fully saturated rings. The van der Waals surface area contributed by atoms with Gasteiger partial charge in [-0.25, -0.2) is 13.4 Å². The molecule has 5 rings (SSSR count). The molecule has 3 heterocycles. The third kappa shape index (κ3) is 3.34. The van der Waals surface area contributed by atoms with Gasteiger partial charge in [0.1, 0.15) is 11.4 Å². The first-order chi connectivity index (χ1) is 14.0. The monoisotopic (exact) mass is 405 g/mol. The van der Waals surface area contributed by atoms with Crippen molar-refractivity contribution in [2.24, 2.45) is 0 Å². The zero-order valence-electron chi connectivity index (χ0n) is 15.8. The Morgan fingerprint density at radius 3 is 2.90 bits per heavy atom. The molecule has 0 spiro atoms. The van der Waals surface area contributed by atoms with E-state index >= 15 is 0 Å². The molecule has 6 nitrogen and oxygen atoms in total. The minimum Gasteiger partial charge on any atom is -0.493 e. The Kier molecular flexibility index (Phi) is 4.06. The molecule has 0 saturated heterocycles. The number of pyridine rings is 1. The summed E-state index contributed by atoms with van der Waals surface area (Å²) in [5.74, 6) is 0.757. The van der Waals surface area contributed by atoms with Gasteiger partial charge >= 0.3 is 0 Å². The van der Waals surface area contributed by atoms with Gasteiger partial charge in [0.25, 0.3) is 10.0 Å². The van der Waals surface area contributed by atoms with Gasteiger partial charge in [-0.15, -0.1) is 0 Å². The topological polar surface area (TPSA) is 72.7 Å². The molecular formula is C22H19N3O3S. The van der Waals surface area contributed by atoms with E-state index in [-0.39, 0.29) is 4.90 Å². The Bertz CT molecular complexity index is 1340. The lowest BCUT2D eigenvalue weighted by atomic mass is 10.1. The second-order valence-electron chi connectivity index (χ2n) is 7.15. The minimum atomic E-state index is -3.70. The van der Waals surface area contributed by atoms with Gasteiger partial charge in [0, 0.05) is 30.1 Å². The van der Waals surface area contributed by atoms with E-state index in [4.69, 9.17) is 4.74 Å². The smallest absolute Gasteiger partial charge is 0.261 e. The molecule has 4 aromatic rings. The average Bonchev–Trinajstić information content (AvgIpc) is 3.33. The SMILES string of the molecule is Cc1ccn2cc(-c3cccc(NS(=O)(=O)c4ccc5c(c4)CCO5)c3)nc2c1. The van der Waals surface area contributed by atoms with Crippen molar-refractivity contribution in [1.82, 2.24) is 9.38 Å². The first-order valence-corrected chi connectivity index (χ1v) is 10.8. The van der Waals surface area contributed by atoms with Crippen LogP contribution in [0.5, 0.6) is 5.75 Å². The van der Waals surface area contributed by atoms with Crippen LogP contribution in [0, 0.1) is 6.92 Å². The van der Waals surface area contributed by atoms with Crippen molar-refractivity contribution in [3.05, 3.63) is 78.1 Å². The standard InChI is InChI=1S/C22H19N3O3S/c1-15-7-9-25-14-20(23-22(25)11-15)16-3-2-4-18(12-16)24-29(26,27)19-5-6-21-17(13-19)8-10-28-21/h2-7,9,11-14,24H,8,10H2,1H3. The predicted octanol–water partition coefficient (Wildman–Crippen LogP) is 4.05. The van der Waals surface area contributed by atoms with Crippen molar-refractivity contribution in [2.75, 3.05) is 11.3 Å².